The van der Waals surface area contributed by atoms with Gasteiger partial charge in [-0.1, -0.05) is 0 Å². The van der Waals surface area contributed by atoms with E-state index >= 15 is 0 Å². The maximum Gasteiger partial charge on any atom is 0.0431 e. The van der Waals surface area contributed by atoms with E-state index in [9.17, 15) is 0 Å². The first-order chi connectivity index (χ1) is 6.09. The van der Waals surface area contributed by atoms with Crippen LogP contribution in [0.5, 0.6) is 0 Å². The predicted molar refractivity (Wildman–Crippen MR) is 57.9 cm³/mol. The highest BCUT2D eigenvalue weighted by Gasteiger charge is 2.11. The SMILES string of the molecule is CC(C)N(CCCCCO)C(C)C. The molecule has 0 radical (unpaired) electrons. The summed E-state index contributed by atoms with van der Waals surface area (Å²) in [5.41, 5.74) is 0. The minimum Gasteiger partial charge on any atom is -0.396 e. The van der Waals surface area contributed by atoms with E-state index in [1.165, 1.54) is 6.42 Å². The molecule has 0 aromatic heterocycles. The lowest BCUT2D eigenvalue weighted by molar-refractivity contribution is 0.169. The number of hydrogen-bond donors (Lipinski definition) is 1. The van der Waals surface area contributed by atoms with Gasteiger partial charge in [0.2, 0.25) is 0 Å². The zero-order valence-corrected chi connectivity index (χ0v) is 9.58. The monoisotopic (exact) mass is 187 g/mol. The van der Waals surface area contributed by atoms with E-state index in [0.29, 0.717) is 18.7 Å². The molecule has 0 unspecified atom stereocenters. The van der Waals surface area contributed by atoms with Gasteiger partial charge in [-0.25, -0.2) is 0 Å². The standard InChI is InChI=1S/C11H25NO/c1-10(2)12(11(3)4)8-6-5-7-9-13/h10-11,13H,5-9H2,1-4H3. The smallest absolute Gasteiger partial charge is 0.0431 e. The number of nitrogens with zero attached hydrogens (tertiary/aromatic N) is 1. The van der Waals surface area contributed by atoms with Crippen LogP contribution in [-0.2, 0) is 0 Å². The Balaban J connectivity index is 3.58. The summed E-state index contributed by atoms with van der Waals surface area (Å²) in [4.78, 5) is 2.50. The van der Waals surface area contributed by atoms with Crippen molar-refractivity contribution >= 4 is 0 Å². The lowest BCUT2D eigenvalue weighted by atomic mass is 10.2. The highest BCUT2D eigenvalue weighted by atomic mass is 16.2. The summed E-state index contributed by atoms with van der Waals surface area (Å²) in [6.07, 6.45) is 3.30. The number of aliphatic hydroxyl groups is 1. The van der Waals surface area contributed by atoms with Gasteiger partial charge in [0.05, 0.1) is 0 Å². The maximum atomic E-state index is 8.64. The van der Waals surface area contributed by atoms with Gasteiger partial charge in [-0.05, 0) is 53.5 Å². The highest BCUT2D eigenvalue weighted by Crippen LogP contribution is 2.07. The van der Waals surface area contributed by atoms with Crippen LogP contribution < -0.4 is 0 Å². The van der Waals surface area contributed by atoms with Gasteiger partial charge in [0.15, 0.2) is 0 Å². The molecule has 0 aliphatic heterocycles. The van der Waals surface area contributed by atoms with Crippen molar-refractivity contribution in [2.75, 3.05) is 13.2 Å². The topological polar surface area (TPSA) is 23.5 Å². The molecule has 80 valence electrons. The average Bonchev–Trinajstić information content (AvgIpc) is 2.02. The van der Waals surface area contributed by atoms with Crippen LogP contribution in [0.1, 0.15) is 47.0 Å². The third-order valence-electron chi connectivity index (χ3n) is 2.40. The number of rotatable bonds is 7. The van der Waals surface area contributed by atoms with Crippen molar-refractivity contribution in [3.8, 4) is 0 Å². The number of unbranched alkanes of at least 4 members (excludes halogenated alkanes) is 2. The molecule has 0 amide bonds. The van der Waals surface area contributed by atoms with Crippen LogP contribution >= 0.6 is 0 Å². The zero-order valence-electron chi connectivity index (χ0n) is 9.58. The molecule has 0 rings (SSSR count). The maximum absolute atomic E-state index is 8.64. The Morgan fingerprint density at radius 1 is 0.923 bits per heavy atom. The first-order valence-electron chi connectivity index (χ1n) is 5.46. The molecule has 0 saturated carbocycles. The fraction of sp³-hybridized carbons (Fsp3) is 1.00. The lowest BCUT2D eigenvalue weighted by Gasteiger charge is -2.30. The molecular weight excluding hydrogens is 162 g/mol. The summed E-state index contributed by atoms with van der Waals surface area (Å²) in [5.74, 6) is 0. The van der Waals surface area contributed by atoms with Crippen molar-refractivity contribution in [2.45, 2.75) is 59.0 Å². The van der Waals surface area contributed by atoms with Gasteiger partial charge in [0.25, 0.3) is 0 Å². The van der Waals surface area contributed by atoms with Crippen molar-refractivity contribution in [1.29, 1.82) is 0 Å². The fourth-order valence-corrected chi connectivity index (χ4v) is 1.70. The quantitative estimate of drug-likeness (QED) is 0.618. The highest BCUT2D eigenvalue weighted by molar-refractivity contribution is 4.66. The molecule has 0 aliphatic rings. The Kier molecular flexibility index (Phi) is 7.29. The second-order valence-corrected chi connectivity index (χ2v) is 4.21. The van der Waals surface area contributed by atoms with Crippen molar-refractivity contribution in [3.05, 3.63) is 0 Å². The molecule has 1 N–H and O–H groups in total. The van der Waals surface area contributed by atoms with Crippen LogP contribution in [0.15, 0.2) is 0 Å². The van der Waals surface area contributed by atoms with Crippen molar-refractivity contribution in [2.24, 2.45) is 0 Å². The lowest BCUT2D eigenvalue weighted by Crippen LogP contribution is -2.37. The van der Waals surface area contributed by atoms with E-state index in [0.717, 1.165) is 19.4 Å². The minimum atomic E-state index is 0.337. The van der Waals surface area contributed by atoms with Crippen molar-refractivity contribution in [3.63, 3.8) is 0 Å². The molecule has 0 aromatic carbocycles. The summed E-state index contributed by atoms with van der Waals surface area (Å²) in [6, 6.07) is 1.27. The minimum absolute atomic E-state index is 0.337. The molecule has 0 atom stereocenters. The molecular formula is C11H25NO. The van der Waals surface area contributed by atoms with Gasteiger partial charge >= 0.3 is 0 Å². The van der Waals surface area contributed by atoms with Crippen molar-refractivity contribution in [1.82, 2.24) is 4.90 Å². The Hall–Kier alpha value is -0.0800. The van der Waals surface area contributed by atoms with Crippen LogP contribution in [0.2, 0.25) is 0 Å². The molecule has 0 spiro atoms. The molecule has 0 saturated heterocycles. The zero-order chi connectivity index (χ0) is 10.3. The van der Waals surface area contributed by atoms with Gasteiger partial charge in [0.1, 0.15) is 0 Å². The van der Waals surface area contributed by atoms with Crippen LogP contribution in [0.25, 0.3) is 0 Å². The molecule has 0 fully saturated rings. The summed E-state index contributed by atoms with van der Waals surface area (Å²) in [5, 5.41) is 8.64. The molecule has 0 aliphatic carbocycles. The summed E-state index contributed by atoms with van der Waals surface area (Å²) in [6.45, 7) is 10.5. The van der Waals surface area contributed by atoms with E-state index in [1.54, 1.807) is 0 Å². The molecule has 13 heavy (non-hydrogen) atoms. The molecule has 2 nitrogen and oxygen atoms in total. The van der Waals surface area contributed by atoms with E-state index in [1.807, 2.05) is 0 Å². The van der Waals surface area contributed by atoms with Gasteiger partial charge in [-0.3, -0.25) is 4.90 Å². The van der Waals surface area contributed by atoms with Gasteiger partial charge in [-0.2, -0.15) is 0 Å². The Labute approximate surface area is 82.9 Å². The van der Waals surface area contributed by atoms with Crippen LogP contribution in [-0.4, -0.2) is 35.2 Å². The summed E-state index contributed by atoms with van der Waals surface area (Å²) in [7, 11) is 0. The molecule has 0 heterocycles. The van der Waals surface area contributed by atoms with Crippen LogP contribution in [0.4, 0.5) is 0 Å². The first-order valence-corrected chi connectivity index (χ1v) is 5.46. The largest absolute Gasteiger partial charge is 0.396 e. The van der Waals surface area contributed by atoms with E-state index in [-0.39, 0.29) is 0 Å². The van der Waals surface area contributed by atoms with Gasteiger partial charge in [0, 0.05) is 18.7 Å². The Bertz CT molecular complexity index is 105. The van der Waals surface area contributed by atoms with Crippen LogP contribution in [0, 0.1) is 0 Å². The number of aliphatic hydroxyl groups excluding tert-OH is 1. The van der Waals surface area contributed by atoms with E-state index in [2.05, 4.69) is 32.6 Å². The Morgan fingerprint density at radius 3 is 1.85 bits per heavy atom. The van der Waals surface area contributed by atoms with Crippen LogP contribution in [0.3, 0.4) is 0 Å². The van der Waals surface area contributed by atoms with Gasteiger partial charge < -0.3 is 5.11 Å². The second kappa shape index (κ2) is 7.34. The normalized spacial score (nSPS) is 12.0. The summed E-state index contributed by atoms with van der Waals surface area (Å²) < 4.78 is 0. The fourth-order valence-electron chi connectivity index (χ4n) is 1.70. The van der Waals surface area contributed by atoms with Gasteiger partial charge in [-0.15, -0.1) is 0 Å². The van der Waals surface area contributed by atoms with E-state index < -0.39 is 0 Å². The first kappa shape index (κ1) is 12.9. The van der Waals surface area contributed by atoms with Crippen molar-refractivity contribution < 1.29 is 5.11 Å². The average molecular weight is 187 g/mol. The summed E-state index contributed by atoms with van der Waals surface area (Å²) >= 11 is 0. The van der Waals surface area contributed by atoms with E-state index in [4.69, 9.17) is 5.11 Å². The second-order valence-electron chi connectivity index (χ2n) is 4.21. The molecule has 0 bridgehead atoms. The Morgan fingerprint density at radius 2 is 1.46 bits per heavy atom. The molecule has 2 heteroatoms. The number of hydrogen-bond acceptors (Lipinski definition) is 2. The third kappa shape index (κ3) is 6.05. The molecule has 0 aromatic rings. The third-order valence-corrected chi connectivity index (χ3v) is 2.40. The predicted octanol–water partition coefficient (Wildman–Crippen LogP) is 2.27.